The van der Waals surface area contributed by atoms with Gasteiger partial charge in [0.25, 0.3) is 0 Å². The van der Waals surface area contributed by atoms with Gasteiger partial charge in [-0.15, -0.1) is 0 Å². The van der Waals surface area contributed by atoms with Crippen LogP contribution in [0.15, 0.2) is 12.2 Å². The zero-order valence-corrected chi connectivity index (χ0v) is 9.13. The van der Waals surface area contributed by atoms with Crippen molar-refractivity contribution in [1.82, 2.24) is 4.90 Å². The summed E-state index contributed by atoms with van der Waals surface area (Å²) in [4.78, 5) is 23.0. The zero-order valence-electron chi connectivity index (χ0n) is 8.38. The van der Waals surface area contributed by atoms with Crippen molar-refractivity contribution in [1.29, 1.82) is 0 Å². The van der Waals surface area contributed by atoms with Gasteiger partial charge in [-0.25, -0.2) is 4.79 Å². The molecule has 0 saturated heterocycles. The minimum Gasteiger partial charge on any atom is -0.460 e. The van der Waals surface area contributed by atoms with Crippen molar-refractivity contribution in [3.63, 3.8) is 0 Å². The fourth-order valence-corrected chi connectivity index (χ4v) is 0.946. The molecule has 4 nitrogen and oxygen atoms in total. The molecule has 0 aliphatic rings. The van der Waals surface area contributed by atoms with E-state index in [4.69, 9.17) is 16.3 Å². The van der Waals surface area contributed by atoms with Gasteiger partial charge in [0.2, 0.25) is 0 Å². The molecule has 5 heteroatoms. The van der Waals surface area contributed by atoms with Crippen molar-refractivity contribution in [3.05, 3.63) is 12.2 Å². The summed E-state index contributed by atoms with van der Waals surface area (Å²) >= 11 is 5.25. The number of nitrogens with zero attached hydrogens (tertiary/aromatic N) is 1. The Balaban J connectivity index is 3.77. The molecule has 0 unspecified atom stereocenters. The fraction of sp³-hybridized carbons (Fsp3) is 0.556. The number of amides is 1. The van der Waals surface area contributed by atoms with Gasteiger partial charge in [0, 0.05) is 12.1 Å². The molecule has 0 aromatic heterocycles. The molecule has 0 radical (unpaired) electrons. The van der Waals surface area contributed by atoms with Crippen molar-refractivity contribution >= 4 is 22.9 Å². The molecule has 0 spiro atoms. The molecule has 0 heterocycles. The Labute approximate surface area is 88.5 Å². The number of ether oxygens (including phenoxy) is 1. The van der Waals surface area contributed by atoms with E-state index in [1.807, 2.05) is 0 Å². The van der Waals surface area contributed by atoms with Gasteiger partial charge in [0.05, 0.1) is 6.54 Å². The molecule has 0 aliphatic carbocycles. The SMILES string of the molecule is C=C(C)C(=O)OCCN(CC)C(=O)Cl. The lowest BCUT2D eigenvalue weighted by Gasteiger charge is -2.16. The smallest absolute Gasteiger partial charge is 0.333 e. The monoisotopic (exact) mass is 219 g/mol. The predicted molar refractivity (Wildman–Crippen MR) is 54.3 cm³/mol. The molecule has 0 aliphatic heterocycles. The lowest BCUT2D eigenvalue weighted by Crippen LogP contribution is -2.30. The topological polar surface area (TPSA) is 46.6 Å². The standard InChI is InChI=1S/C9H14ClNO3/c1-4-11(9(10)13)5-6-14-8(12)7(2)3/h2,4-6H2,1,3H3. The van der Waals surface area contributed by atoms with Crippen LogP contribution in [0.1, 0.15) is 13.8 Å². The van der Waals surface area contributed by atoms with E-state index in [1.54, 1.807) is 13.8 Å². The summed E-state index contributed by atoms with van der Waals surface area (Å²) in [6.07, 6.45) is 0. The predicted octanol–water partition coefficient (Wildman–Crippen LogP) is 1.79. The van der Waals surface area contributed by atoms with Crippen molar-refractivity contribution in [2.45, 2.75) is 13.8 Å². The van der Waals surface area contributed by atoms with Crippen LogP contribution in [0.5, 0.6) is 0 Å². The highest BCUT2D eigenvalue weighted by atomic mass is 35.5. The number of esters is 1. The van der Waals surface area contributed by atoms with Crippen molar-refractivity contribution in [2.24, 2.45) is 0 Å². The van der Waals surface area contributed by atoms with Crippen LogP contribution in [0.3, 0.4) is 0 Å². The van der Waals surface area contributed by atoms with E-state index in [0.29, 0.717) is 18.7 Å². The molecule has 14 heavy (non-hydrogen) atoms. The van der Waals surface area contributed by atoms with Gasteiger partial charge in [-0.05, 0) is 25.4 Å². The van der Waals surface area contributed by atoms with Gasteiger partial charge in [0.1, 0.15) is 6.61 Å². The highest BCUT2D eigenvalue weighted by Crippen LogP contribution is 1.97. The minimum atomic E-state index is -0.543. The second-order valence-electron chi connectivity index (χ2n) is 2.75. The second-order valence-corrected chi connectivity index (χ2v) is 3.07. The summed E-state index contributed by atoms with van der Waals surface area (Å²) in [6.45, 7) is 7.71. The van der Waals surface area contributed by atoms with E-state index in [1.165, 1.54) is 4.90 Å². The lowest BCUT2D eigenvalue weighted by molar-refractivity contribution is -0.139. The Morgan fingerprint density at radius 1 is 1.50 bits per heavy atom. The molecule has 80 valence electrons. The first kappa shape index (κ1) is 13.0. The molecule has 0 aromatic rings. The van der Waals surface area contributed by atoms with Gasteiger partial charge < -0.3 is 9.64 Å². The first-order chi connectivity index (χ1) is 6.49. The molecular formula is C9H14ClNO3. The van der Waals surface area contributed by atoms with Crippen LogP contribution in [0.4, 0.5) is 4.79 Å². The number of likely N-dealkylation sites (N-methyl/N-ethyl adjacent to an activating group) is 1. The van der Waals surface area contributed by atoms with Crippen LogP contribution >= 0.6 is 11.6 Å². The van der Waals surface area contributed by atoms with Crippen LogP contribution in [0, 0.1) is 0 Å². The fourth-order valence-electron chi connectivity index (χ4n) is 0.742. The average molecular weight is 220 g/mol. The molecule has 0 saturated carbocycles. The number of halogens is 1. The molecule has 0 N–H and O–H groups in total. The number of hydrogen-bond donors (Lipinski definition) is 0. The maximum absolute atomic E-state index is 10.9. The molecule has 0 atom stereocenters. The van der Waals surface area contributed by atoms with Gasteiger partial charge in [-0.2, -0.15) is 0 Å². The van der Waals surface area contributed by atoms with E-state index in [0.717, 1.165) is 0 Å². The van der Waals surface area contributed by atoms with E-state index in [2.05, 4.69) is 6.58 Å². The van der Waals surface area contributed by atoms with Gasteiger partial charge in [-0.3, -0.25) is 4.79 Å². The molecule has 1 amide bonds. The highest BCUT2D eigenvalue weighted by Gasteiger charge is 2.09. The van der Waals surface area contributed by atoms with Crippen molar-refractivity contribution < 1.29 is 14.3 Å². The number of rotatable bonds is 5. The lowest BCUT2D eigenvalue weighted by atomic mass is 10.4. The van der Waals surface area contributed by atoms with Crippen LogP contribution in [-0.4, -0.2) is 35.9 Å². The molecule has 0 bridgehead atoms. The normalized spacial score (nSPS) is 9.36. The first-order valence-corrected chi connectivity index (χ1v) is 4.63. The quantitative estimate of drug-likeness (QED) is 0.307. The van der Waals surface area contributed by atoms with E-state index >= 15 is 0 Å². The Morgan fingerprint density at radius 2 is 2.07 bits per heavy atom. The van der Waals surface area contributed by atoms with Crippen LogP contribution in [0.25, 0.3) is 0 Å². The summed E-state index contributed by atoms with van der Waals surface area (Å²) in [6, 6.07) is 0. The highest BCUT2D eigenvalue weighted by molar-refractivity contribution is 6.62. The van der Waals surface area contributed by atoms with E-state index in [-0.39, 0.29) is 6.61 Å². The van der Waals surface area contributed by atoms with Gasteiger partial charge in [0.15, 0.2) is 0 Å². The number of carbonyl (C=O) groups excluding carboxylic acids is 2. The average Bonchev–Trinajstić information content (AvgIpc) is 2.11. The Hall–Kier alpha value is -1.03. The summed E-state index contributed by atoms with van der Waals surface area (Å²) in [7, 11) is 0. The van der Waals surface area contributed by atoms with Crippen molar-refractivity contribution in [2.75, 3.05) is 19.7 Å². The minimum absolute atomic E-state index is 0.137. The second kappa shape index (κ2) is 6.43. The van der Waals surface area contributed by atoms with E-state index in [9.17, 15) is 9.59 Å². The van der Waals surface area contributed by atoms with Gasteiger partial charge >= 0.3 is 11.3 Å². The van der Waals surface area contributed by atoms with Gasteiger partial charge in [-0.1, -0.05) is 6.58 Å². The van der Waals surface area contributed by atoms with Crippen LogP contribution in [-0.2, 0) is 9.53 Å². The maximum atomic E-state index is 10.9. The molecule has 0 fully saturated rings. The third-order valence-electron chi connectivity index (χ3n) is 1.57. The third-order valence-corrected chi connectivity index (χ3v) is 1.81. The van der Waals surface area contributed by atoms with Crippen molar-refractivity contribution in [3.8, 4) is 0 Å². The summed E-state index contributed by atoms with van der Waals surface area (Å²) in [5.41, 5.74) is 0.338. The maximum Gasteiger partial charge on any atom is 0.333 e. The summed E-state index contributed by atoms with van der Waals surface area (Å²) in [5, 5.41) is -0.543. The summed E-state index contributed by atoms with van der Waals surface area (Å²) < 4.78 is 4.79. The Morgan fingerprint density at radius 3 is 2.43 bits per heavy atom. The molecular weight excluding hydrogens is 206 g/mol. The third kappa shape index (κ3) is 4.87. The molecule has 0 aromatic carbocycles. The van der Waals surface area contributed by atoms with Crippen LogP contribution < -0.4 is 0 Å². The van der Waals surface area contributed by atoms with E-state index < -0.39 is 11.3 Å². The first-order valence-electron chi connectivity index (χ1n) is 4.26. The molecule has 0 rings (SSSR count). The Kier molecular flexibility index (Phi) is 5.95. The summed E-state index contributed by atoms with van der Waals surface area (Å²) in [5.74, 6) is -0.455. The van der Waals surface area contributed by atoms with Crippen LogP contribution in [0.2, 0.25) is 0 Å². The largest absolute Gasteiger partial charge is 0.460 e. The zero-order chi connectivity index (χ0) is 11.1. The number of carbonyl (C=O) groups is 2. The Bertz CT molecular complexity index is 240. The number of hydrogen-bond acceptors (Lipinski definition) is 3.